The summed E-state index contributed by atoms with van der Waals surface area (Å²) >= 11 is 0. The fraction of sp³-hybridized carbons (Fsp3) is 0.286. The molecule has 0 fully saturated rings. The van der Waals surface area contributed by atoms with Crippen LogP contribution in [0.4, 0.5) is 13.2 Å². The molecule has 0 saturated carbocycles. The predicted molar refractivity (Wildman–Crippen MR) is 46.9 cm³/mol. The van der Waals surface area contributed by atoms with Gasteiger partial charge in [0.1, 0.15) is 10.6 Å². The first kappa shape index (κ1) is 12.3. The van der Waals surface area contributed by atoms with Gasteiger partial charge < -0.3 is 0 Å². The molecule has 8 heteroatoms. The van der Waals surface area contributed by atoms with Crippen LogP contribution < -0.4 is 0 Å². The molecule has 0 spiro atoms. The highest BCUT2D eigenvalue weighted by molar-refractivity contribution is 8.13. The van der Waals surface area contributed by atoms with E-state index in [1.807, 2.05) is 0 Å². The molecule has 0 amide bonds. The summed E-state index contributed by atoms with van der Waals surface area (Å²) in [6.45, 7) is 1.21. The van der Waals surface area contributed by atoms with Crippen LogP contribution in [-0.2, 0) is 9.05 Å². The molecule has 0 radical (unpaired) electrons. The number of nitrogens with zero attached hydrogens (tertiary/aromatic N) is 1. The zero-order chi connectivity index (χ0) is 11.8. The molecule has 15 heavy (non-hydrogen) atoms. The number of hydrogen-bond acceptors (Lipinski definition) is 3. The Kier molecular flexibility index (Phi) is 3.25. The van der Waals surface area contributed by atoms with Gasteiger partial charge in [-0.2, -0.15) is 0 Å². The number of aryl methyl sites for hydroxylation is 1. The van der Waals surface area contributed by atoms with E-state index in [1.54, 1.807) is 0 Å². The molecule has 0 aliphatic carbocycles. The minimum absolute atomic E-state index is 0.119. The van der Waals surface area contributed by atoms with Crippen LogP contribution in [0, 0.1) is 12.7 Å². The van der Waals surface area contributed by atoms with Gasteiger partial charge in [-0.15, -0.1) is 0 Å². The predicted octanol–water partition coefficient (Wildman–Crippen LogP) is 2.39. The Bertz CT molecular complexity index is 489. The van der Waals surface area contributed by atoms with Crippen LogP contribution in [0.2, 0.25) is 0 Å². The fourth-order valence-electron chi connectivity index (χ4n) is 1.02. The molecule has 0 bridgehead atoms. The van der Waals surface area contributed by atoms with Crippen LogP contribution in [0.15, 0.2) is 11.1 Å². The highest BCUT2D eigenvalue weighted by Crippen LogP contribution is 2.28. The van der Waals surface area contributed by atoms with Crippen LogP contribution >= 0.6 is 10.7 Å². The Labute approximate surface area is 88.3 Å². The summed E-state index contributed by atoms with van der Waals surface area (Å²) in [6, 6.07) is 0. The maximum atomic E-state index is 13.3. The summed E-state index contributed by atoms with van der Waals surface area (Å²) in [5.74, 6) is -1.60. The lowest BCUT2D eigenvalue weighted by molar-refractivity contribution is 0.139. The molecule has 1 rings (SSSR count). The number of halogens is 4. The first-order chi connectivity index (χ1) is 6.75. The van der Waals surface area contributed by atoms with Crippen LogP contribution in [0.1, 0.15) is 17.7 Å². The highest BCUT2D eigenvalue weighted by atomic mass is 35.7. The number of hydrogen-bond donors (Lipinski definition) is 0. The quantitative estimate of drug-likeness (QED) is 0.766. The molecule has 0 unspecified atom stereocenters. The Balaban J connectivity index is 3.59. The highest BCUT2D eigenvalue weighted by Gasteiger charge is 2.26. The van der Waals surface area contributed by atoms with Crippen molar-refractivity contribution in [2.24, 2.45) is 0 Å². The van der Waals surface area contributed by atoms with Crippen molar-refractivity contribution >= 4 is 19.7 Å². The molecule has 3 nitrogen and oxygen atoms in total. The van der Waals surface area contributed by atoms with E-state index in [0.717, 1.165) is 6.20 Å². The number of pyridine rings is 1. The van der Waals surface area contributed by atoms with Gasteiger partial charge in [-0.25, -0.2) is 21.6 Å². The lowest BCUT2D eigenvalue weighted by Crippen LogP contribution is -2.05. The molecule has 0 aromatic carbocycles. The van der Waals surface area contributed by atoms with E-state index in [0.29, 0.717) is 0 Å². The van der Waals surface area contributed by atoms with Crippen molar-refractivity contribution in [3.05, 3.63) is 23.3 Å². The standard InChI is InChI=1S/C7H5ClF3NO2S/c1-3-2-12-5(7(10)11)4(9)6(3)15(8,13)14/h2,7H,1H3. The van der Waals surface area contributed by atoms with Gasteiger partial charge in [0, 0.05) is 16.9 Å². The summed E-state index contributed by atoms with van der Waals surface area (Å²) in [5.41, 5.74) is -1.34. The monoisotopic (exact) mass is 259 g/mol. The van der Waals surface area contributed by atoms with Crippen molar-refractivity contribution in [1.82, 2.24) is 4.98 Å². The molecule has 1 aromatic heterocycles. The zero-order valence-electron chi connectivity index (χ0n) is 7.34. The van der Waals surface area contributed by atoms with E-state index in [1.165, 1.54) is 6.92 Å². The van der Waals surface area contributed by atoms with E-state index in [-0.39, 0.29) is 5.56 Å². The van der Waals surface area contributed by atoms with E-state index < -0.39 is 31.9 Å². The Morgan fingerprint density at radius 1 is 1.47 bits per heavy atom. The molecule has 0 saturated heterocycles. The number of alkyl halides is 2. The first-order valence-electron chi connectivity index (χ1n) is 3.63. The molecular formula is C7H5ClF3NO2S. The molecule has 0 aliphatic rings. The van der Waals surface area contributed by atoms with Crippen molar-refractivity contribution in [1.29, 1.82) is 0 Å². The van der Waals surface area contributed by atoms with Gasteiger partial charge >= 0.3 is 0 Å². The van der Waals surface area contributed by atoms with Gasteiger partial charge in [0.25, 0.3) is 15.5 Å². The van der Waals surface area contributed by atoms with Crippen LogP contribution in [0.3, 0.4) is 0 Å². The van der Waals surface area contributed by atoms with Crippen molar-refractivity contribution in [2.45, 2.75) is 18.2 Å². The van der Waals surface area contributed by atoms with Crippen molar-refractivity contribution in [3.8, 4) is 0 Å². The molecule has 84 valence electrons. The lowest BCUT2D eigenvalue weighted by atomic mass is 10.2. The van der Waals surface area contributed by atoms with E-state index in [4.69, 9.17) is 10.7 Å². The van der Waals surface area contributed by atoms with Crippen LogP contribution in [-0.4, -0.2) is 13.4 Å². The third-order valence-electron chi connectivity index (χ3n) is 1.63. The summed E-state index contributed by atoms with van der Waals surface area (Å²) < 4.78 is 59.5. The first-order valence-corrected chi connectivity index (χ1v) is 5.94. The second-order valence-corrected chi connectivity index (χ2v) is 5.21. The van der Waals surface area contributed by atoms with Crippen molar-refractivity contribution in [2.75, 3.05) is 0 Å². The third kappa shape index (κ3) is 2.40. The second-order valence-electron chi connectivity index (χ2n) is 2.71. The van der Waals surface area contributed by atoms with Crippen molar-refractivity contribution in [3.63, 3.8) is 0 Å². The summed E-state index contributed by atoms with van der Waals surface area (Å²) in [7, 11) is 0.509. The maximum absolute atomic E-state index is 13.3. The number of rotatable bonds is 2. The van der Waals surface area contributed by atoms with Gasteiger partial charge in [-0.1, -0.05) is 0 Å². The molecule has 1 aromatic rings. The largest absolute Gasteiger partial charge is 0.283 e. The summed E-state index contributed by atoms with van der Waals surface area (Å²) in [6.07, 6.45) is -2.36. The van der Waals surface area contributed by atoms with Crippen LogP contribution in [0.25, 0.3) is 0 Å². The minimum atomic E-state index is -4.40. The second kappa shape index (κ2) is 3.97. The van der Waals surface area contributed by atoms with E-state index in [2.05, 4.69) is 4.98 Å². The Morgan fingerprint density at radius 3 is 2.40 bits per heavy atom. The third-order valence-corrected chi connectivity index (χ3v) is 3.08. The topological polar surface area (TPSA) is 47.0 Å². The van der Waals surface area contributed by atoms with E-state index >= 15 is 0 Å². The lowest BCUT2D eigenvalue weighted by Gasteiger charge is -2.06. The van der Waals surface area contributed by atoms with Gasteiger partial charge in [-0.3, -0.25) is 4.98 Å². The Morgan fingerprint density at radius 2 is 2.00 bits per heavy atom. The zero-order valence-corrected chi connectivity index (χ0v) is 8.91. The van der Waals surface area contributed by atoms with Crippen molar-refractivity contribution < 1.29 is 21.6 Å². The van der Waals surface area contributed by atoms with Gasteiger partial charge in [0.15, 0.2) is 5.82 Å². The normalized spacial score (nSPS) is 12.1. The summed E-state index contributed by atoms with van der Waals surface area (Å²) in [5, 5.41) is 0. The molecular weight excluding hydrogens is 255 g/mol. The summed E-state index contributed by atoms with van der Waals surface area (Å²) in [4.78, 5) is 2.15. The van der Waals surface area contributed by atoms with Gasteiger partial charge in [0.05, 0.1) is 0 Å². The van der Waals surface area contributed by atoms with Crippen LogP contribution in [0.5, 0.6) is 0 Å². The molecule has 0 N–H and O–H groups in total. The average molecular weight is 260 g/mol. The maximum Gasteiger partial charge on any atom is 0.283 e. The molecule has 0 aliphatic heterocycles. The Hall–Kier alpha value is -0.820. The molecule has 1 heterocycles. The molecule has 0 atom stereocenters. The minimum Gasteiger partial charge on any atom is -0.252 e. The fourth-order valence-corrected chi connectivity index (χ4v) is 2.35. The van der Waals surface area contributed by atoms with Gasteiger partial charge in [0.2, 0.25) is 0 Å². The van der Waals surface area contributed by atoms with Gasteiger partial charge in [-0.05, 0) is 12.5 Å². The average Bonchev–Trinajstić information content (AvgIpc) is 2.00. The SMILES string of the molecule is Cc1cnc(C(F)F)c(F)c1S(=O)(=O)Cl. The van der Waals surface area contributed by atoms with E-state index in [9.17, 15) is 21.6 Å². The smallest absolute Gasteiger partial charge is 0.252 e. The number of aromatic nitrogens is 1.